The van der Waals surface area contributed by atoms with Gasteiger partial charge in [0.2, 0.25) is 0 Å². The number of nitrogens with zero attached hydrogens (tertiary/aromatic N) is 1. The molecule has 5 nitrogen and oxygen atoms in total. The molecule has 0 bridgehead atoms. The molecule has 3 rings (SSSR count). The van der Waals surface area contributed by atoms with Crippen LogP contribution in [0, 0.1) is 5.92 Å². The molecule has 1 aliphatic carbocycles. The summed E-state index contributed by atoms with van der Waals surface area (Å²) in [5.41, 5.74) is 6.42. The van der Waals surface area contributed by atoms with Gasteiger partial charge in [0.15, 0.2) is 5.96 Å². The lowest BCUT2D eigenvalue weighted by Gasteiger charge is -2.45. The van der Waals surface area contributed by atoms with Gasteiger partial charge in [0.1, 0.15) is 5.75 Å². The number of anilines is 1. The number of halogens is 3. The Labute approximate surface area is 131 Å². The van der Waals surface area contributed by atoms with E-state index in [0.29, 0.717) is 17.7 Å². The summed E-state index contributed by atoms with van der Waals surface area (Å²) < 4.78 is 45.7. The first-order valence-electron chi connectivity index (χ1n) is 7.48. The van der Waals surface area contributed by atoms with Gasteiger partial charge in [-0.15, -0.1) is 13.2 Å². The fourth-order valence-corrected chi connectivity index (χ4v) is 3.01. The Balaban J connectivity index is 1.55. The van der Waals surface area contributed by atoms with E-state index in [1.807, 2.05) is 0 Å². The first-order chi connectivity index (χ1) is 10.9. The van der Waals surface area contributed by atoms with Gasteiger partial charge in [-0.05, 0) is 43.5 Å². The lowest BCUT2D eigenvalue weighted by Crippen LogP contribution is -2.49. The van der Waals surface area contributed by atoms with E-state index in [2.05, 4.69) is 15.0 Å². The van der Waals surface area contributed by atoms with Gasteiger partial charge in [0, 0.05) is 18.2 Å². The Kier molecular flexibility index (Phi) is 4.34. The molecule has 1 saturated carbocycles. The number of hydrogen-bond donors (Lipinski definition) is 2. The third kappa shape index (κ3) is 4.07. The van der Waals surface area contributed by atoms with Gasteiger partial charge in [-0.25, -0.2) is 4.99 Å². The number of hydrogen-bond acceptors (Lipinski definition) is 3. The van der Waals surface area contributed by atoms with Crippen molar-refractivity contribution in [3.8, 4) is 5.75 Å². The van der Waals surface area contributed by atoms with E-state index in [4.69, 9.17) is 10.5 Å². The second-order valence-corrected chi connectivity index (χ2v) is 5.73. The van der Waals surface area contributed by atoms with Gasteiger partial charge >= 0.3 is 6.36 Å². The van der Waals surface area contributed by atoms with E-state index in [9.17, 15) is 13.2 Å². The molecule has 0 radical (unpaired) electrons. The molecule has 1 aromatic carbocycles. The normalized spacial score (nSPS) is 27.8. The summed E-state index contributed by atoms with van der Waals surface area (Å²) in [5, 5.41) is 2.88. The minimum absolute atomic E-state index is 0.153. The number of guanidine groups is 1. The lowest BCUT2D eigenvalue weighted by molar-refractivity contribution is -0.274. The van der Waals surface area contributed by atoms with Crippen molar-refractivity contribution in [2.45, 2.75) is 37.8 Å². The van der Waals surface area contributed by atoms with Gasteiger partial charge in [-0.2, -0.15) is 0 Å². The van der Waals surface area contributed by atoms with Crippen LogP contribution in [0.4, 0.5) is 18.9 Å². The highest BCUT2D eigenvalue weighted by molar-refractivity contribution is 5.92. The van der Waals surface area contributed by atoms with Crippen LogP contribution in [-0.2, 0) is 4.74 Å². The van der Waals surface area contributed by atoms with Gasteiger partial charge < -0.3 is 20.5 Å². The number of ether oxygens (including phenoxy) is 2. The van der Waals surface area contributed by atoms with Crippen LogP contribution in [-0.4, -0.2) is 31.1 Å². The van der Waals surface area contributed by atoms with Crippen LogP contribution in [0.3, 0.4) is 0 Å². The Morgan fingerprint density at radius 3 is 2.70 bits per heavy atom. The predicted molar refractivity (Wildman–Crippen MR) is 79.2 cm³/mol. The second kappa shape index (κ2) is 6.27. The fraction of sp³-hybridized carbons (Fsp3) is 0.533. The molecule has 1 saturated heterocycles. The molecule has 23 heavy (non-hydrogen) atoms. The number of nitrogens with two attached hydrogens (primary N) is 1. The topological polar surface area (TPSA) is 68.9 Å². The zero-order valence-corrected chi connectivity index (χ0v) is 12.3. The van der Waals surface area contributed by atoms with E-state index in [0.717, 1.165) is 25.9 Å². The van der Waals surface area contributed by atoms with Crippen molar-refractivity contribution in [1.29, 1.82) is 0 Å². The highest BCUT2D eigenvalue weighted by Crippen LogP contribution is 2.39. The fourth-order valence-electron chi connectivity index (χ4n) is 3.01. The molecular formula is C15H18F3N3O2. The summed E-state index contributed by atoms with van der Waals surface area (Å²) in [6, 6.07) is 5.50. The third-order valence-electron chi connectivity index (χ3n) is 4.12. The van der Waals surface area contributed by atoms with Crippen molar-refractivity contribution < 1.29 is 22.6 Å². The average molecular weight is 329 g/mol. The summed E-state index contributed by atoms with van der Waals surface area (Å²) >= 11 is 0. The Morgan fingerprint density at radius 1 is 1.30 bits per heavy atom. The van der Waals surface area contributed by atoms with Crippen LogP contribution in [0.2, 0.25) is 0 Å². The van der Waals surface area contributed by atoms with Gasteiger partial charge in [0.25, 0.3) is 0 Å². The maximum Gasteiger partial charge on any atom is 0.573 e. The van der Waals surface area contributed by atoms with Crippen LogP contribution < -0.4 is 15.8 Å². The highest BCUT2D eigenvalue weighted by atomic mass is 19.4. The minimum atomic E-state index is -4.70. The van der Waals surface area contributed by atoms with Crippen LogP contribution in [0.15, 0.2) is 29.3 Å². The summed E-state index contributed by atoms with van der Waals surface area (Å²) in [5.74, 6) is 0.398. The van der Waals surface area contributed by atoms with E-state index >= 15 is 0 Å². The van der Waals surface area contributed by atoms with Crippen molar-refractivity contribution in [2.75, 3.05) is 11.9 Å². The smallest absolute Gasteiger partial charge is 0.406 e. The summed E-state index contributed by atoms with van der Waals surface area (Å²) in [4.78, 5) is 4.44. The molecule has 1 aliphatic heterocycles. The number of fused-ring (bicyclic) bond motifs is 1. The van der Waals surface area contributed by atoms with Crippen LogP contribution in [0.5, 0.6) is 5.75 Å². The summed E-state index contributed by atoms with van der Waals surface area (Å²) in [7, 11) is 0. The molecule has 1 heterocycles. The molecular weight excluding hydrogens is 311 g/mol. The van der Waals surface area contributed by atoms with E-state index in [1.54, 1.807) is 0 Å². The molecule has 0 amide bonds. The van der Waals surface area contributed by atoms with E-state index in [-0.39, 0.29) is 17.8 Å². The SMILES string of the molecule is NC(=NC1CC2OCCCC12)Nc1ccc(OC(F)(F)F)cc1. The van der Waals surface area contributed by atoms with Gasteiger partial charge in [0.05, 0.1) is 12.1 Å². The Hall–Kier alpha value is -1.96. The number of aliphatic imine (C=N–C) groups is 1. The van der Waals surface area contributed by atoms with Crippen molar-refractivity contribution in [2.24, 2.45) is 16.6 Å². The molecule has 3 N–H and O–H groups in total. The monoisotopic (exact) mass is 329 g/mol. The van der Waals surface area contributed by atoms with Crippen molar-refractivity contribution in [3.05, 3.63) is 24.3 Å². The maximum atomic E-state index is 12.1. The van der Waals surface area contributed by atoms with Crippen LogP contribution in [0.25, 0.3) is 0 Å². The van der Waals surface area contributed by atoms with Gasteiger partial charge in [-0.3, -0.25) is 0 Å². The molecule has 0 aromatic heterocycles. The number of rotatable bonds is 3. The number of alkyl halides is 3. The number of benzene rings is 1. The lowest BCUT2D eigenvalue weighted by atomic mass is 9.73. The minimum Gasteiger partial charge on any atom is -0.406 e. The van der Waals surface area contributed by atoms with Crippen LogP contribution in [0.1, 0.15) is 19.3 Å². The summed E-state index contributed by atoms with van der Waals surface area (Å²) in [6.07, 6.45) is -1.40. The van der Waals surface area contributed by atoms with E-state index < -0.39 is 6.36 Å². The summed E-state index contributed by atoms with van der Waals surface area (Å²) in [6.45, 7) is 0.817. The number of nitrogens with one attached hydrogen (secondary N) is 1. The van der Waals surface area contributed by atoms with Crippen LogP contribution >= 0.6 is 0 Å². The molecule has 2 fully saturated rings. The molecule has 2 aliphatic rings. The molecule has 1 aromatic rings. The van der Waals surface area contributed by atoms with E-state index in [1.165, 1.54) is 24.3 Å². The molecule has 126 valence electrons. The first kappa shape index (κ1) is 15.9. The van der Waals surface area contributed by atoms with Crippen molar-refractivity contribution >= 4 is 11.6 Å². The standard InChI is InChI=1S/C15H18F3N3O2/c16-15(17,18)23-10-5-3-9(4-6-10)20-14(19)21-12-8-13-11(12)2-1-7-22-13/h3-6,11-13H,1-2,7-8H2,(H3,19,20,21). The first-order valence-corrected chi connectivity index (χ1v) is 7.48. The second-order valence-electron chi connectivity index (χ2n) is 5.73. The molecule has 3 unspecified atom stereocenters. The molecule has 0 spiro atoms. The zero-order chi connectivity index (χ0) is 16.4. The zero-order valence-electron chi connectivity index (χ0n) is 12.3. The quantitative estimate of drug-likeness (QED) is 0.661. The van der Waals surface area contributed by atoms with Gasteiger partial charge in [-0.1, -0.05) is 0 Å². The largest absolute Gasteiger partial charge is 0.573 e. The maximum absolute atomic E-state index is 12.1. The Bertz CT molecular complexity index is 574. The third-order valence-corrected chi connectivity index (χ3v) is 4.12. The average Bonchev–Trinajstić information content (AvgIpc) is 2.45. The predicted octanol–water partition coefficient (Wildman–Crippen LogP) is 2.88. The Morgan fingerprint density at radius 2 is 2.04 bits per heavy atom. The van der Waals surface area contributed by atoms with Crippen molar-refractivity contribution in [1.82, 2.24) is 0 Å². The molecule has 8 heteroatoms. The molecule has 3 atom stereocenters. The van der Waals surface area contributed by atoms with Crippen molar-refractivity contribution in [3.63, 3.8) is 0 Å². The highest BCUT2D eigenvalue weighted by Gasteiger charge is 2.43.